The van der Waals surface area contributed by atoms with E-state index in [1.54, 1.807) is 6.07 Å². The number of esters is 3. The minimum atomic E-state index is -1.37. The third kappa shape index (κ3) is 7.93. The molecule has 12 nitrogen and oxygen atoms in total. The van der Waals surface area contributed by atoms with Crippen molar-refractivity contribution in [3.63, 3.8) is 0 Å². The summed E-state index contributed by atoms with van der Waals surface area (Å²) in [6.07, 6.45) is -4.21. The van der Waals surface area contributed by atoms with Crippen molar-refractivity contribution in [2.45, 2.75) is 64.4 Å². The second kappa shape index (κ2) is 14.1. The normalized spacial score (nSPS) is 21.9. The first kappa shape index (κ1) is 30.7. The number of hydrogen-bond donors (Lipinski definition) is 3. The zero-order chi connectivity index (χ0) is 30.2. The molecule has 42 heavy (non-hydrogen) atoms. The van der Waals surface area contributed by atoms with Crippen molar-refractivity contribution in [2.24, 2.45) is 0 Å². The molecule has 1 aliphatic rings. The third-order valence-corrected chi connectivity index (χ3v) is 6.62. The number of hydrogen-bond acceptors (Lipinski definition) is 10. The van der Waals surface area contributed by atoms with Crippen LogP contribution >= 0.6 is 0 Å². The number of rotatable bonds is 11. The van der Waals surface area contributed by atoms with Gasteiger partial charge in [0.2, 0.25) is 6.29 Å². The second-order valence-corrected chi connectivity index (χ2v) is 9.86. The maximum atomic E-state index is 13.5. The number of carbonyl (C=O) groups is 4. The Hall–Kier alpha value is -4.26. The fourth-order valence-corrected chi connectivity index (χ4v) is 4.74. The Kier molecular flexibility index (Phi) is 10.3. The minimum Gasteiger partial charge on any atom is -0.463 e. The Labute approximate surface area is 242 Å². The molecule has 5 atom stereocenters. The van der Waals surface area contributed by atoms with Crippen LogP contribution in [0.4, 0.5) is 0 Å². The third-order valence-electron chi connectivity index (χ3n) is 6.62. The lowest BCUT2D eigenvalue weighted by Crippen LogP contribution is -2.66. The van der Waals surface area contributed by atoms with Crippen LogP contribution < -0.4 is 5.32 Å². The number of aromatic amines is 1. The topological polar surface area (TPSA) is 162 Å². The molecule has 224 valence electrons. The van der Waals surface area contributed by atoms with Crippen LogP contribution in [-0.2, 0) is 51.1 Å². The van der Waals surface area contributed by atoms with E-state index in [-0.39, 0.29) is 25.5 Å². The summed E-state index contributed by atoms with van der Waals surface area (Å²) in [6.45, 7) is 3.31. The number of benzene rings is 2. The van der Waals surface area contributed by atoms with Crippen LogP contribution in [0.25, 0.3) is 10.9 Å². The Bertz CT molecular complexity index is 1370. The van der Waals surface area contributed by atoms with Crippen molar-refractivity contribution in [2.75, 3.05) is 13.2 Å². The highest BCUT2D eigenvalue weighted by molar-refractivity contribution is 5.98. The molecular formula is C30H34N2O10. The van der Waals surface area contributed by atoms with E-state index >= 15 is 0 Å². The van der Waals surface area contributed by atoms with Gasteiger partial charge in [0.1, 0.15) is 30.6 Å². The van der Waals surface area contributed by atoms with Crippen LogP contribution in [0.1, 0.15) is 42.4 Å². The first-order valence-electron chi connectivity index (χ1n) is 13.5. The number of para-hydroxylation sites is 1. The van der Waals surface area contributed by atoms with Crippen molar-refractivity contribution in [1.29, 1.82) is 0 Å². The van der Waals surface area contributed by atoms with Crippen LogP contribution in [-0.4, -0.2) is 77.8 Å². The summed E-state index contributed by atoms with van der Waals surface area (Å²) in [5.74, 6) is -2.50. The number of amides is 1. The van der Waals surface area contributed by atoms with Crippen LogP contribution in [0.15, 0.2) is 54.6 Å². The van der Waals surface area contributed by atoms with Crippen molar-refractivity contribution in [3.05, 3.63) is 71.4 Å². The Morgan fingerprint density at radius 1 is 0.905 bits per heavy atom. The molecule has 2 aromatic carbocycles. The van der Waals surface area contributed by atoms with Gasteiger partial charge in [0.15, 0.2) is 6.10 Å². The van der Waals surface area contributed by atoms with E-state index < -0.39 is 54.5 Å². The predicted molar refractivity (Wildman–Crippen MR) is 148 cm³/mol. The average Bonchev–Trinajstić information content (AvgIpc) is 3.38. The van der Waals surface area contributed by atoms with E-state index in [4.69, 9.17) is 23.7 Å². The molecule has 1 amide bonds. The summed E-state index contributed by atoms with van der Waals surface area (Å²) in [4.78, 5) is 52.4. The molecule has 0 spiro atoms. The molecule has 0 bridgehead atoms. The van der Waals surface area contributed by atoms with Crippen LogP contribution in [0.5, 0.6) is 0 Å². The summed E-state index contributed by atoms with van der Waals surface area (Å²) < 4.78 is 28.4. The molecule has 0 saturated carbocycles. The van der Waals surface area contributed by atoms with E-state index in [2.05, 4.69) is 10.3 Å². The molecule has 1 saturated heterocycles. The van der Waals surface area contributed by atoms with Gasteiger partial charge in [-0.25, -0.2) is 0 Å². The standard InChI is InChI=1S/C30H34N2O10/c1-17(34)38-16-25-27(40-18(2)35)28(39-15-21-10-8-20(9-11-21)12-13-33)26(30(42-25)41-19(3)36)32-29(37)24-14-22-6-4-5-7-23(22)31-24/h4-11,14,25-28,30-31,33H,12-13,15-16H2,1-3H3,(H,32,37)/t25?,26?,27-,28?,30+/m0/s1. The van der Waals surface area contributed by atoms with E-state index in [0.717, 1.165) is 22.0 Å². The average molecular weight is 583 g/mol. The maximum Gasteiger partial charge on any atom is 0.305 e. The molecule has 1 aromatic heterocycles. The van der Waals surface area contributed by atoms with Gasteiger partial charge in [-0.05, 0) is 29.7 Å². The molecule has 1 fully saturated rings. The van der Waals surface area contributed by atoms with Gasteiger partial charge < -0.3 is 39.1 Å². The molecule has 1 aliphatic heterocycles. The highest BCUT2D eigenvalue weighted by Crippen LogP contribution is 2.29. The summed E-state index contributed by atoms with van der Waals surface area (Å²) in [6, 6.07) is 15.2. The number of carbonyl (C=O) groups excluding carboxylic acids is 4. The molecule has 0 aliphatic carbocycles. The van der Waals surface area contributed by atoms with Crippen molar-refractivity contribution in [1.82, 2.24) is 10.3 Å². The highest BCUT2D eigenvalue weighted by atomic mass is 16.7. The molecule has 0 radical (unpaired) electrons. The quantitative estimate of drug-likeness (QED) is 0.226. The zero-order valence-electron chi connectivity index (χ0n) is 23.5. The van der Waals surface area contributed by atoms with Crippen molar-refractivity contribution in [3.8, 4) is 0 Å². The molecule has 2 heterocycles. The largest absolute Gasteiger partial charge is 0.463 e. The highest BCUT2D eigenvalue weighted by Gasteiger charge is 2.51. The number of aliphatic hydroxyl groups is 1. The lowest BCUT2D eigenvalue weighted by molar-refractivity contribution is -0.274. The number of ether oxygens (including phenoxy) is 5. The monoisotopic (exact) mass is 582 g/mol. The van der Waals surface area contributed by atoms with Gasteiger partial charge in [0, 0.05) is 38.3 Å². The van der Waals surface area contributed by atoms with Crippen LogP contribution in [0, 0.1) is 0 Å². The first-order valence-corrected chi connectivity index (χ1v) is 13.5. The van der Waals surface area contributed by atoms with Gasteiger partial charge in [-0.2, -0.15) is 0 Å². The van der Waals surface area contributed by atoms with E-state index in [9.17, 15) is 24.3 Å². The second-order valence-electron chi connectivity index (χ2n) is 9.86. The number of nitrogens with one attached hydrogen (secondary N) is 2. The smallest absolute Gasteiger partial charge is 0.305 e. The Morgan fingerprint density at radius 3 is 2.24 bits per heavy atom. The lowest BCUT2D eigenvalue weighted by atomic mass is 9.95. The number of H-pyrrole nitrogens is 1. The van der Waals surface area contributed by atoms with Gasteiger partial charge in [-0.1, -0.05) is 42.5 Å². The zero-order valence-corrected chi connectivity index (χ0v) is 23.5. The lowest BCUT2D eigenvalue weighted by Gasteiger charge is -2.45. The fourth-order valence-electron chi connectivity index (χ4n) is 4.74. The molecule has 12 heteroatoms. The number of aliphatic hydroxyl groups excluding tert-OH is 1. The number of aromatic nitrogens is 1. The fraction of sp³-hybridized carbons (Fsp3) is 0.400. The van der Waals surface area contributed by atoms with Gasteiger partial charge in [0.05, 0.1) is 6.61 Å². The van der Waals surface area contributed by atoms with E-state index in [0.29, 0.717) is 6.42 Å². The Balaban J connectivity index is 1.67. The summed E-state index contributed by atoms with van der Waals surface area (Å²) >= 11 is 0. The Morgan fingerprint density at radius 2 is 1.60 bits per heavy atom. The molecule has 3 N–H and O–H groups in total. The maximum absolute atomic E-state index is 13.5. The van der Waals surface area contributed by atoms with Crippen LogP contribution in [0.3, 0.4) is 0 Å². The summed E-state index contributed by atoms with van der Waals surface area (Å²) in [5, 5.41) is 12.8. The van der Waals surface area contributed by atoms with Gasteiger partial charge in [0.25, 0.3) is 5.91 Å². The van der Waals surface area contributed by atoms with Crippen molar-refractivity contribution < 1.29 is 48.0 Å². The molecule has 4 rings (SSSR count). The van der Waals surface area contributed by atoms with Crippen LogP contribution in [0.2, 0.25) is 0 Å². The summed E-state index contributed by atoms with van der Waals surface area (Å²) in [7, 11) is 0. The van der Waals surface area contributed by atoms with Crippen molar-refractivity contribution >= 4 is 34.7 Å². The molecule has 3 aromatic rings. The summed E-state index contributed by atoms with van der Waals surface area (Å²) in [5.41, 5.74) is 2.67. The minimum absolute atomic E-state index is 0.0149. The van der Waals surface area contributed by atoms with Gasteiger partial charge >= 0.3 is 17.9 Å². The first-order chi connectivity index (χ1) is 20.1. The van der Waals surface area contributed by atoms with Gasteiger partial charge in [-0.3, -0.25) is 19.2 Å². The molecular weight excluding hydrogens is 548 g/mol. The predicted octanol–water partition coefficient (Wildman–Crippen LogP) is 2.17. The van der Waals surface area contributed by atoms with E-state index in [1.165, 1.54) is 20.8 Å². The molecule has 3 unspecified atom stereocenters. The SMILES string of the molecule is CC(=O)OCC1O[C@@H](OC(C)=O)C(NC(=O)c2cc3ccccc3[nH]2)C(OCc2ccc(CCO)cc2)[C@H]1OC(C)=O. The number of fused-ring (bicyclic) bond motifs is 1. The van der Waals surface area contributed by atoms with E-state index in [1.807, 2.05) is 48.5 Å². The van der Waals surface area contributed by atoms with Gasteiger partial charge in [-0.15, -0.1) is 0 Å².